The van der Waals surface area contributed by atoms with E-state index >= 15 is 0 Å². The van der Waals surface area contributed by atoms with Crippen molar-refractivity contribution in [3.05, 3.63) is 309 Å². The van der Waals surface area contributed by atoms with Crippen LogP contribution in [0.5, 0.6) is 0 Å². The Morgan fingerprint density at radius 2 is 0.693 bits per heavy atom. The maximum Gasteiger partial charge on any atom is 0.273 e. The number of para-hydroxylation sites is 2. The third-order valence-corrected chi connectivity index (χ3v) is 22.6. The molecule has 12 aromatic heterocycles. The lowest BCUT2D eigenvalue weighted by atomic mass is 10.1. The third-order valence-electron chi connectivity index (χ3n) is 20.8. The molecule has 0 bridgehead atoms. The number of hydrogen-bond donors (Lipinski definition) is 0. The number of aromatic nitrogens is 16. The molecule has 0 saturated carbocycles. The number of hydrogen-bond acceptors (Lipinski definition) is 18. The fourth-order valence-electron chi connectivity index (χ4n) is 14.9. The molecule has 6 aliphatic heterocycles. The number of amides is 4. The first-order chi connectivity index (χ1) is 55.5. The van der Waals surface area contributed by atoms with E-state index in [0.717, 1.165) is 142 Å². The zero-order chi connectivity index (χ0) is 78.2. The Balaban J connectivity index is 0.0000000957. The fourth-order valence-corrected chi connectivity index (χ4v) is 16.8. The standard InChI is InChI=1S/C19H14N4O.2C15H12N4O.C14H11N3OS.C12H12N4.C11H11N3S/c1-22-11-13-10-12-6-2-4-8-15(12)20-18(13)23-17(19(22)24)14-7-3-5-9-16(14)21-23;1-18-9-12-13(7-4-8-16-12)19-14(15(18)20)10-5-2-3-6-11(10)17-19;1-18-9-11-8-10-4-2-3-5-12(10)17-14(11)19-13(15(18)20)6-7-16-19;1-16-8-12-11(6-7-19-12)17-13(14(16)18)9-4-2-3-5-10(9)15-17;1-9-11-5-7-14-16(11)12-4-3-6-13-10(12)8-15(9)2;1-8-9-3-5-12-14(9)10-4-6-15-11(10)7-13(8)2/h2-10H,11H2,1H3;2*2-8H,9H2,1H3;2-7H,8H2,1H3;3-7H,1,8H2,2H3;3-6H,1,7H2,2H3. The lowest BCUT2D eigenvalue weighted by molar-refractivity contribution is 0.0775. The highest BCUT2D eigenvalue weighted by Gasteiger charge is 2.33. The van der Waals surface area contributed by atoms with Gasteiger partial charge in [-0.1, -0.05) is 104 Å². The Morgan fingerprint density at radius 1 is 0.325 bits per heavy atom. The lowest BCUT2D eigenvalue weighted by Crippen LogP contribution is -2.25. The topological polar surface area (TPSA) is 246 Å². The second-order valence-corrected chi connectivity index (χ2v) is 30.2. The number of rotatable bonds is 0. The summed E-state index contributed by atoms with van der Waals surface area (Å²) in [6.45, 7) is 12.1. The van der Waals surface area contributed by atoms with E-state index in [1.165, 1.54) is 15.4 Å². The first-order valence-electron chi connectivity index (χ1n) is 36.7. The van der Waals surface area contributed by atoms with Crippen molar-refractivity contribution in [1.29, 1.82) is 0 Å². The number of thiophene rings is 2. The molecule has 0 saturated heterocycles. The van der Waals surface area contributed by atoms with E-state index in [1.807, 2.05) is 212 Å². The van der Waals surface area contributed by atoms with Gasteiger partial charge in [0.15, 0.2) is 11.6 Å². The Labute approximate surface area is 660 Å². The molecule has 0 spiro atoms. The SMILES string of the molecule is C=C1c2ccnn2-c2cccnc2CN1C.C=C1c2ccnn2-c2ccsc2CN1C.CN1Cc2cc3ccccc3nc2-n2nc3ccccc3c2C1=O.CN1Cc2cc3ccccc3nc2-n2nccc2C1=O.CN1Cc2ncccc2-n2nc3ccccc3c2C1=O.CN1Cc2sccc2-n2nc3ccccc3c2C1=O. The van der Waals surface area contributed by atoms with E-state index in [2.05, 4.69) is 99.1 Å². The van der Waals surface area contributed by atoms with Crippen molar-refractivity contribution in [2.45, 2.75) is 39.3 Å². The molecule has 23 rings (SSSR count). The van der Waals surface area contributed by atoms with Crippen LogP contribution in [0.4, 0.5) is 0 Å². The summed E-state index contributed by atoms with van der Waals surface area (Å²) >= 11 is 3.43. The van der Waals surface area contributed by atoms with E-state index in [0.29, 0.717) is 49.0 Å². The average Bonchev–Trinajstić information content (AvgIpc) is 1.61. The normalized spacial score (nSPS) is 14.2. The highest BCUT2D eigenvalue weighted by Crippen LogP contribution is 2.36. The summed E-state index contributed by atoms with van der Waals surface area (Å²) in [7, 11) is 11.3. The lowest BCUT2D eigenvalue weighted by Gasteiger charge is -2.17. The Hall–Kier alpha value is -14.4. The minimum atomic E-state index is -0.0374. The summed E-state index contributed by atoms with van der Waals surface area (Å²) < 4.78 is 10.7. The molecular formula is C86H72N22O4S2. The predicted molar refractivity (Wildman–Crippen MR) is 440 cm³/mol. The number of pyridine rings is 4. The second-order valence-electron chi connectivity index (χ2n) is 28.2. The van der Waals surface area contributed by atoms with Gasteiger partial charge in [-0.05, 0) is 108 Å². The van der Waals surface area contributed by atoms with E-state index in [1.54, 1.807) is 99.8 Å². The van der Waals surface area contributed by atoms with E-state index in [-0.39, 0.29) is 23.6 Å². The number of nitrogens with zero attached hydrogens (tertiary/aromatic N) is 22. The van der Waals surface area contributed by atoms with Crippen LogP contribution in [0.25, 0.3) is 100 Å². The summed E-state index contributed by atoms with van der Waals surface area (Å²) in [5, 5.41) is 35.7. The van der Waals surface area contributed by atoms with Crippen molar-refractivity contribution in [1.82, 2.24) is 108 Å². The van der Waals surface area contributed by atoms with Crippen LogP contribution >= 0.6 is 22.7 Å². The summed E-state index contributed by atoms with van der Waals surface area (Å²) in [5.41, 5.74) is 18.8. The van der Waals surface area contributed by atoms with Gasteiger partial charge in [0, 0.05) is 116 Å². The van der Waals surface area contributed by atoms with E-state index in [9.17, 15) is 19.2 Å². The predicted octanol–water partition coefficient (Wildman–Crippen LogP) is 13.9. The molecule has 562 valence electrons. The van der Waals surface area contributed by atoms with Crippen molar-refractivity contribution < 1.29 is 19.2 Å². The summed E-state index contributed by atoms with van der Waals surface area (Å²) in [4.78, 5) is 82.2. The van der Waals surface area contributed by atoms with Gasteiger partial charge in [-0.3, -0.25) is 29.1 Å². The molecule has 26 nitrogen and oxygen atoms in total. The van der Waals surface area contributed by atoms with Gasteiger partial charge in [-0.25, -0.2) is 38.1 Å². The molecule has 0 unspecified atom stereocenters. The molecule has 6 aliphatic rings. The zero-order valence-corrected chi connectivity index (χ0v) is 64.5. The number of benzene rings is 5. The number of carbonyl (C=O) groups excluding carboxylic acids is 4. The minimum absolute atomic E-state index is 0.0251. The molecule has 18 heterocycles. The number of carbonyl (C=O) groups is 4. The van der Waals surface area contributed by atoms with Gasteiger partial charge in [0.2, 0.25) is 0 Å². The summed E-state index contributed by atoms with van der Waals surface area (Å²) in [6.07, 6.45) is 8.79. The van der Waals surface area contributed by atoms with Gasteiger partial charge in [0.1, 0.15) is 22.8 Å². The monoisotopic (exact) mass is 1540 g/mol. The van der Waals surface area contributed by atoms with Crippen molar-refractivity contribution >= 4 is 112 Å². The summed E-state index contributed by atoms with van der Waals surface area (Å²) in [6, 6.07) is 60.9. The molecule has 0 atom stereocenters. The first-order valence-corrected chi connectivity index (χ1v) is 38.5. The molecule has 0 N–H and O–H groups in total. The van der Waals surface area contributed by atoms with E-state index in [4.69, 9.17) is 4.98 Å². The fraction of sp³-hybridized carbons (Fsp3) is 0.140. The molecule has 0 aliphatic carbocycles. The van der Waals surface area contributed by atoms with Crippen LogP contribution < -0.4 is 0 Å². The quantitative estimate of drug-likeness (QED) is 0.137. The summed E-state index contributed by atoms with van der Waals surface area (Å²) in [5.74, 6) is 1.39. The minimum Gasteiger partial charge on any atom is -0.368 e. The van der Waals surface area contributed by atoms with Gasteiger partial charge in [0.25, 0.3) is 23.6 Å². The maximum absolute atomic E-state index is 12.9. The van der Waals surface area contributed by atoms with Crippen LogP contribution in [-0.4, -0.2) is 174 Å². The Kier molecular flexibility index (Phi) is 18.2. The first kappa shape index (κ1) is 71.2. The smallest absolute Gasteiger partial charge is 0.273 e. The molecule has 0 fully saturated rings. The van der Waals surface area contributed by atoms with Crippen molar-refractivity contribution in [3.63, 3.8) is 0 Å². The van der Waals surface area contributed by atoms with Crippen molar-refractivity contribution in [2.24, 2.45) is 0 Å². The largest absolute Gasteiger partial charge is 0.368 e. The second kappa shape index (κ2) is 29.1. The Morgan fingerprint density at radius 3 is 1.22 bits per heavy atom. The highest BCUT2D eigenvalue weighted by molar-refractivity contribution is 7.10. The molecule has 4 amide bonds. The highest BCUT2D eigenvalue weighted by atomic mass is 32.1. The van der Waals surface area contributed by atoms with Crippen molar-refractivity contribution in [2.75, 3.05) is 42.3 Å². The molecule has 28 heteroatoms. The molecule has 17 aromatic rings. The number of fused-ring (bicyclic) bond motifs is 26. The van der Waals surface area contributed by atoms with Gasteiger partial charge in [-0.15, -0.1) is 22.7 Å². The van der Waals surface area contributed by atoms with E-state index < -0.39 is 0 Å². The van der Waals surface area contributed by atoms with Crippen LogP contribution in [0.2, 0.25) is 0 Å². The Bertz CT molecular complexity index is 6730. The van der Waals surface area contributed by atoms with Gasteiger partial charge >= 0.3 is 0 Å². The molecular weight excluding hydrogens is 1470 g/mol. The van der Waals surface area contributed by atoms with Crippen LogP contribution in [-0.2, 0) is 39.3 Å². The van der Waals surface area contributed by atoms with Crippen LogP contribution in [0.3, 0.4) is 0 Å². The molecule has 0 radical (unpaired) electrons. The van der Waals surface area contributed by atoms with Crippen molar-refractivity contribution in [3.8, 4) is 34.4 Å². The third kappa shape index (κ3) is 12.6. The van der Waals surface area contributed by atoms with Gasteiger partial charge in [-0.2, -0.15) is 30.6 Å². The van der Waals surface area contributed by atoms with Gasteiger partial charge in [0.05, 0.1) is 129 Å². The maximum atomic E-state index is 12.9. The van der Waals surface area contributed by atoms with Crippen LogP contribution in [0, 0.1) is 0 Å². The zero-order valence-electron chi connectivity index (χ0n) is 62.9. The van der Waals surface area contributed by atoms with Gasteiger partial charge < -0.3 is 29.4 Å². The molecule has 114 heavy (non-hydrogen) atoms. The molecule has 5 aromatic carbocycles. The van der Waals surface area contributed by atoms with Crippen LogP contribution in [0.15, 0.2) is 243 Å². The van der Waals surface area contributed by atoms with Crippen LogP contribution in [0.1, 0.15) is 85.6 Å². The average molecular weight is 1540 g/mol.